The summed E-state index contributed by atoms with van der Waals surface area (Å²) in [5.41, 5.74) is 0.950. The van der Waals surface area contributed by atoms with Gasteiger partial charge in [-0.25, -0.2) is 14.6 Å². The topological polar surface area (TPSA) is 116 Å². The highest BCUT2D eigenvalue weighted by Crippen LogP contribution is 2.26. The van der Waals surface area contributed by atoms with Gasteiger partial charge in [0.15, 0.2) is 0 Å². The summed E-state index contributed by atoms with van der Waals surface area (Å²) in [5.74, 6) is -1.02. The molecule has 0 aliphatic carbocycles. The van der Waals surface area contributed by atoms with Gasteiger partial charge in [0, 0.05) is 44.9 Å². The molecule has 1 aliphatic rings. The number of unbranched alkanes of at least 4 members (excludes halogenated alkanes) is 2. The number of anilines is 1. The van der Waals surface area contributed by atoms with E-state index < -0.39 is 11.9 Å². The lowest BCUT2D eigenvalue weighted by atomic mass is 10.2. The SMILES string of the molecule is C=CCN1CCN(c2nc(OCCCCC)c3ccccc3n2)CC1.O=C(O)C=CC(=O)O. The highest BCUT2D eigenvalue weighted by atomic mass is 16.5. The lowest BCUT2D eigenvalue weighted by molar-refractivity contribution is -0.134. The zero-order chi connectivity index (χ0) is 24.1. The Hall–Kier alpha value is -3.46. The van der Waals surface area contributed by atoms with Crippen LogP contribution >= 0.6 is 0 Å². The van der Waals surface area contributed by atoms with E-state index in [1.165, 1.54) is 12.8 Å². The fourth-order valence-corrected chi connectivity index (χ4v) is 3.26. The maximum Gasteiger partial charge on any atom is 0.328 e. The molecule has 1 aromatic carbocycles. The maximum absolute atomic E-state index is 9.55. The van der Waals surface area contributed by atoms with Crippen molar-refractivity contribution in [3.63, 3.8) is 0 Å². The summed E-state index contributed by atoms with van der Waals surface area (Å²) in [6.07, 6.45) is 6.51. The van der Waals surface area contributed by atoms with Gasteiger partial charge in [-0.2, -0.15) is 4.98 Å². The molecule has 178 valence electrons. The Balaban J connectivity index is 0.000000414. The second-order valence-electron chi connectivity index (χ2n) is 7.49. The lowest BCUT2D eigenvalue weighted by Gasteiger charge is -2.34. The standard InChI is InChI=1S/C20H28N4O.C4H4O4/c1-3-5-8-16-25-19-17-9-6-7-10-18(17)21-20(22-19)24-14-12-23(11-4-2)13-15-24;5-3(6)1-2-4(7)8/h4,6-7,9-10H,2-3,5,8,11-16H2,1H3;1-2H,(H,5,6)(H,7,8). The van der Waals surface area contributed by atoms with Gasteiger partial charge in [-0.05, 0) is 18.6 Å². The Kier molecular flexibility index (Phi) is 10.8. The average molecular weight is 457 g/mol. The van der Waals surface area contributed by atoms with Gasteiger partial charge >= 0.3 is 11.9 Å². The molecule has 1 saturated heterocycles. The molecule has 0 amide bonds. The molecule has 0 spiro atoms. The molecule has 2 N–H and O–H groups in total. The number of nitrogens with zero attached hydrogens (tertiary/aromatic N) is 4. The number of aliphatic carboxylic acids is 2. The van der Waals surface area contributed by atoms with E-state index in [0.717, 1.165) is 56.0 Å². The smallest absolute Gasteiger partial charge is 0.328 e. The Morgan fingerprint density at radius 1 is 1.06 bits per heavy atom. The van der Waals surface area contributed by atoms with Crippen molar-refractivity contribution < 1.29 is 24.5 Å². The van der Waals surface area contributed by atoms with Crippen molar-refractivity contribution in [2.24, 2.45) is 0 Å². The third kappa shape index (κ3) is 8.89. The van der Waals surface area contributed by atoms with Gasteiger partial charge < -0.3 is 19.8 Å². The molecule has 1 aliphatic heterocycles. The number of hydrogen-bond acceptors (Lipinski definition) is 7. The summed E-state index contributed by atoms with van der Waals surface area (Å²) < 4.78 is 6.01. The van der Waals surface area contributed by atoms with Gasteiger partial charge in [-0.3, -0.25) is 4.90 Å². The highest BCUT2D eigenvalue weighted by molar-refractivity contribution is 5.89. The second-order valence-corrected chi connectivity index (χ2v) is 7.49. The Morgan fingerprint density at radius 2 is 1.73 bits per heavy atom. The van der Waals surface area contributed by atoms with Crippen molar-refractivity contribution in [1.82, 2.24) is 14.9 Å². The van der Waals surface area contributed by atoms with E-state index in [1.807, 2.05) is 30.3 Å². The van der Waals surface area contributed by atoms with Gasteiger partial charge in [-0.15, -0.1) is 6.58 Å². The van der Waals surface area contributed by atoms with Crippen LogP contribution in [0.25, 0.3) is 10.9 Å². The molecular weight excluding hydrogens is 424 g/mol. The van der Waals surface area contributed by atoms with Crippen molar-refractivity contribution in [2.75, 3.05) is 44.2 Å². The van der Waals surface area contributed by atoms with Crippen LogP contribution in [0.1, 0.15) is 26.2 Å². The lowest BCUT2D eigenvalue weighted by Crippen LogP contribution is -2.46. The van der Waals surface area contributed by atoms with Crippen molar-refractivity contribution in [3.05, 3.63) is 49.1 Å². The molecule has 2 heterocycles. The molecule has 3 rings (SSSR count). The van der Waals surface area contributed by atoms with Crippen LogP contribution in [0.4, 0.5) is 5.95 Å². The summed E-state index contributed by atoms with van der Waals surface area (Å²) in [4.78, 5) is 33.3. The van der Waals surface area contributed by atoms with E-state index in [2.05, 4.69) is 23.3 Å². The molecule has 2 aromatic rings. The number of ether oxygens (including phenoxy) is 1. The van der Waals surface area contributed by atoms with E-state index in [1.54, 1.807) is 0 Å². The number of hydrogen-bond donors (Lipinski definition) is 2. The van der Waals surface area contributed by atoms with E-state index in [0.29, 0.717) is 24.6 Å². The fraction of sp³-hybridized carbons (Fsp3) is 0.417. The van der Waals surface area contributed by atoms with Crippen molar-refractivity contribution in [1.29, 1.82) is 0 Å². The molecule has 0 atom stereocenters. The summed E-state index contributed by atoms with van der Waals surface area (Å²) in [5, 5.41) is 16.6. The number of fused-ring (bicyclic) bond motifs is 1. The van der Waals surface area contributed by atoms with Crippen molar-refractivity contribution in [3.8, 4) is 5.88 Å². The molecule has 0 saturated carbocycles. The van der Waals surface area contributed by atoms with Crippen LogP contribution in [0.15, 0.2) is 49.1 Å². The monoisotopic (exact) mass is 456 g/mol. The minimum absolute atomic E-state index is 0.558. The molecule has 1 fully saturated rings. The largest absolute Gasteiger partial charge is 0.478 e. The normalized spacial score (nSPS) is 14.0. The number of para-hydroxylation sites is 1. The summed E-state index contributed by atoms with van der Waals surface area (Å²) in [6, 6.07) is 8.10. The molecule has 33 heavy (non-hydrogen) atoms. The number of benzene rings is 1. The molecule has 1 aromatic heterocycles. The predicted octanol–water partition coefficient (Wildman–Crippen LogP) is 3.22. The Morgan fingerprint density at radius 3 is 2.33 bits per heavy atom. The van der Waals surface area contributed by atoms with Gasteiger partial charge in [0.1, 0.15) is 0 Å². The third-order valence-electron chi connectivity index (χ3n) is 4.95. The van der Waals surface area contributed by atoms with Crippen LogP contribution in [0, 0.1) is 0 Å². The summed E-state index contributed by atoms with van der Waals surface area (Å²) in [7, 11) is 0. The quantitative estimate of drug-likeness (QED) is 0.316. The van der Waals surface area contributed by atoms with Gasteiger partial charge in [-0.1, -0.05) is 38.0 Å². The van der Waals surface area contributed by atoms with Crippen molar-refractivity contribution in [2.45, 2.75) is 26.2 Å². The number of carboxylic acid groups (broad SMARTS) is 2. The zero-order valence-corrected chi connectivity index (χ0v) is 19.0. The average Bonchev–Trinajstić information content (AvgIpc) is 2.81. The Labute approximate surface area is 194 Å². The molecule has 0 unspecified atom stereocenters. The summed E-state index contributed by atoms with van der Waals surface area (Å²) in [6.45, 7) is 11.6. The first kappa shape index (κ1) is 25.8. The van der Waals surface area contributed by atoms with Gasteiger partial charge in [0.05, 0.1) is 17.5 Å². The van der Waals surface area contributed by atoms with E-state index >= 15 is 0 Å². The summed E-state index contributed by atoms with van der Waals surface area (Å²) >= 11 is 0. The van der Waals surface area contributed by atoms with Crippen LogP contribution in [0.2, 0.25) is 0 Å². The fourth-order valence-electron chi connectivity index (χ4n) is 3.26. The molecular formula is C24H32N4O5. The van der Waals surface area contributed by atoms with Crippen LogP contribution in [0.5, 0.6) is 5.88 Å². The first-order valence-electron chi connectivity index (χ1n) is 11.1. The third-order valence-corrected chi connectivity index (χ3v) is 4.95. The number of aromatic nitrogens is 2. The van der Waals surface area contributed by atoms with Crippen LogP contribution in [0.3, 0.4) is 0 Å². The van der Waals surface area contributed by atoms with E-state index in [9.17, 15) is 9.59 Å². The van der Waals surface area contributed by atoms with Crippen LogP contribution < -0.4 is 9.64 Å². The van der Waals surface area contributed by atoms with E-state index in [-0.39, 0.29) is 0 Å². The number of piperazine rings is 1. The minimum Gasteiger partial charge on any atom is -0.478 e. The zero-order valence-electron chi connectivity index (χ0n) is 19.0. The molecule has 9 heteroatoms. The number of carboxylic acids is 2. The van der Waals surface area contributed by atoms with Crippen LogP contribution in [-0.2, 0) is 9.59 Å². The number of rotatable bonds is 10. The molecule has 0 bridgehead atoms. The molecule has 0 radical (unpaired) electrons. The molecule has 9 nitrogen and oxygen atoms in total. The maximum atomic E-state index is 9.55. The predicted molar refractivity (Wildman–Crippen MR) is 128 cm³/mol. The van der Waals surface area contributed by atoms with E-state index in [4.69, 9.17) is 24.9 Å². The van der Waals surface area contributed by atoms with Crippen molar-refractivity contribution >= 4 is 28.8 Å². The van der Waals surface area contributed by atoms with Gasteiger partial charge in [0.25, 0.3) is 0 Å². The first-order valence-corrected chi connectivity index (χ1v) is 11.1. The minimum atomic E-state index is -1.26. The highest BCUT2D eigenvalue weighted by Gasteiger charge is 2.20. The Bertz CT molecular complexity index is 939. The second kappa shape index (κ2) is 13.8. The number of carbonyl (C=O) groups is 2. The van der Waals surface area contributed by atoms with Crippen LogP contribution in [-0.4, -0.2) is 76.4 Å². The first-order chi connectivity index (χ1) is 15.9. The van der Waals surface area contributed by atoms with Gasteiger partial charge in [0.2, 0.25) is 11.8 Å².